The first kappa shape index (κ1) is 13.0. The van der Waals surface area contributed by atoms with Crippen molar-refractivity contribution in [2.24, 2.45) is 5.41 Å². The van der Waals surface area contributed by atoms with Gasteiger partial charge in [0.05, 0.1) is 0 Å². The van der Waals surface area contributed by atoms with Crippen molar-refractivity contribution in [3.05, 3.63) is 35.4 Å². The number of rotatable bonds is 4. The van der Waals surface area contributed by atoms with Crippen LogP contribution in [0, 0.1) is 5.41 Å². The summed E-state index contributed by atoms with van der Waals surface area (Å²) in [5, 5.41) is 0. The molecule has 0 spiro atoms. The average molecular weight is 218 g/mol. The zero-order valence-corrected chi connectivity index (χ0v) is 10.8. The Kier molecular flexibility index (Phi) is 4.28. The molecular weight excluding hydrogens is 196 g/mol. The van der Waals surface area contributed by atoms with Crippen LogP contribution in [0.3, 0.4) is 0 Å². The number of carbonyl (C=O) groups is 1. The molecule has 16 heavy (non-hydrogen) atoms. The monoisotopic (exact) mass is 218 g/mol. The lowest BCUT2D eigenvalue weighted by Crippen LogP contribution is -2.20. The van der Waals surface area contributed by atoms with E-state index < -0.39 is 0 Å². The van der Waals surface area contributed by atoms with Crippen LogP contribution in [0.1, 0.15) is 56.5 Å². The third-order valence-corrected chi connectivity index (χ3v) is 2.69. The summed E-state index contributed by atoms with van der Waals surface area (Å²) < 4.78 is 0. The van der Waals surface area contributed by atoms with Gasteiger partial charge in [-0.05, 0) is 24.5 Å². The van der Waals surface area contributed by atoms with E-state index in [4.69, 9.17) is 0 Å². The summed E-state index contributed by atoms with van der Waals surface area (Å²) in [5.41, 5.74) is 1.83. The van der Waals surface area contributed by atoms with Crippen molar-refractivity contribution in [3.63, 3.8) is 0 Å². The van der Waals surface area contributed by atoms with Crippen LogP contribution in [0.5, 0.6) is 0 Å². The molecule has 88 valence electrons. The summed E-state index contributed by atoms with van der Waals surface area (Å²) >= 11 is 0. The highest BCUT2D eigenvalue weighted by molar-refractivity contribution is 5.99. The fourth-order valence-corrected chi connectivity index (χ4v) is 1.68. The molecule has 0 N–H and O–H groups in total. The van der Waals surface area contributed by atoms with Gasteiger partial charge >= 0.3 is 0 Å². The first-order valence-electron chi connectivity index (χ1n) is 6.09. The summed E-state index contributed by atoms with van der Waals surface area (Å²) in [7, 11) is 0. The second kappa shape index (κ2) is 5.29. The summed E-state index contributed by atoms with van der Waals surface area (Å²) in [6.07, 6.45) is 3.45. The second-order valence-electron chi connectivity index (χ2n) is 5.38. The highest BCUT2D eigenvalue weighted by atomic mass is 16.1. The summed E-state index contributed by atoms with van der Waals surface area (Å²) in [5.74, 6) is 0.228. The lowest BCUT2D eigenvalue weighted by Gasteiger charge is -2.17. The molecule has 0 heterocycles. The molecule has 0 amide bonds. The molecule has 0 saturated heterocycles. The van der Waals surface area contributed by atoms with Crippen molar-refractivity contribution in [1.29, 1.82) is 0 Å². The molecule has 0 unspecified atom stereocenters. The smallest absolute Gasteiger partial charge is 0.168 e. The Labute approximate surface area is 98.9 Å². The molecule has 0 atom stereocenters. The van der Waals surface area contributed by atoms with E-state index in [1.807, 2.05) is 39.0 Å². The van der Waals surface area contributed by atoms with Gasteiger partial charge in [0.2, 0.25) is 0 Å². The van der Waals surface area contributed by atoms with Crippen LogP contribution in [0.2, 0.25) is 0 Å². The van der Waals surface area contributed by atoms with E-state index in [0.29, 0.717) is 0 Å². The van der Waals surface area contributed by atoms with Gasteiger partial charge in [-0.15, -0.1) is 0 Å². The zero-order valence-electron chi connectivity index (χ0n) is 10.8. The minimum absolute atomic E-state index is 0.228. The number of benzene rings is 1. The maximum absolute atomic E-state index is 12.1. The molecule has 1 heteroatoms. The van der Waals surface area contributed by atoms with Crippen LogP contribution in [0.25, 0.3) is 0 Å². The molecule has 0 aliphatic heterocycles. The Balaban J connectivity index is 2.86. The number of hydrogen-bond donors (Lipinski definition) is 0. The van der Waals surface area contributed by atoms with Gasteiger partial charge in [0, 0.05) is 11.0 Å². The van der Waals surface area contributed by atoms with E-state index in [2.05, 4.69) is 13.0 Å². The fraction of sp³-hybridized carbons (Fsp3) is 0.533. The van der Waals surface area contributed by atoms with Crippen LogP contribution in [0.4, 0.5) is 0 Å². The minimum Gasteiger partial charge on any atom is -0.294 e. The van der Waals surface area contributed by atoms with E-state index in [1.54, 1.807) is 0 Å². The van der Waals surface area contributed by atoms with E-state index in [1.165, 1.54) is 18.4 Å². The van der Waals surface area contributed by atoms with E-state index in [9.17, 15) is 4.79 Å². The van der Waals surface area contributed by atoms with Crippen molar-refractivity contribution in [2.75, 3.05) is 0 Å². The maximum Gasteiger partial charge on any atom is 0.168 e. The van der Waals surface area contributed by atoms with Gasteiger partial charge in [-0.2, -0.15) is 0 Å². The first-order chi connectivity index (χ1) is 7.45. The maximum atomic E-state index is 12.1. The van der Waals surface area contributed by atoms with E-state index >= 15 is 0 Å². The molecule has 1 aromatic carbocycles. The van der Waals surface area contributed by atoms with Gasteiger partial charge < -0.3 is 0 Å². The molecule has 1 rings (SSSR count). The average Bonchev–Trinajstić information content (AvgIpc) is 2.24. The van der Waals surface area contributed by atoms with Crippen molar-refractivity contribution >= 4 is 5.78 Å². The quantitative estimate of drug-likeness (QED) is 0.690. The molecule has 1 nitrogen and oxygen atoms in total. The molecule has 0 aliphatic carbocycles. The molecule has 0 fully saturated rings. The zero-order chi connectivity index (χ0) is 12.2. The molecule has 1 aromatic rings. The largest absolute Gasteiger partial charge is 0.294 e. The predicted molar refractivity (Wildman–Crippen MR) is 68.8 cm³/mol. The van der Waals surface area contributed by atoms with E-state index in [-0.39, 0.29) is 11.2 Å². The Bertz CT molecular complexity index is 358. The molecule has 0 saturated carbocycles. The van der Waals surface area contributed by atoms with Crippen molar-refractivity contribution in [1.82, 2.24) is 0 Å². The SMILES string of the molecule is CCCCc1cccc(C(=O)C(C)(C)C)c1. The number of aryl methyl sites for hydroxylation is 1. The van der Waals surface area contributed by atoms with Crippen molar-refractivity contribution < 1.29 is 4.79 Å². The summed E-state index contributed by atoms with van der Waals surface area (Å²) in [6, 6.07) is 8.06. The second-order valence-corrected chi connectivity index (χ2v) is 5.38. The highest BCUT2D eigenvalue weighted by Gasteiger charge is 2.22. The third kappa shape index (κ3) is 3.48. The van der Waals surface area contributed by atoms with Crippen LogP contribution in [0.15, 0.2) is 24.3 Å². The lowest BCUT2D eigenvalue weighted by molar-refractivity contribution is 0.0858. The van der Waals surface area contributed by atoms with Crippen LogP contribution >= 0.6 is 0 Å². The highest BCUT2D eigenvalue weighted by Crippen LogP contribution is 2.21. The molecular formula is C15H22O. The van der Waals surface area contributed by atoms with Gasteiger partial charge in [0.25, 0.3) is 0 Å². The van der Waals surface area contributed by atoms with Gasteiger partial charge in [0.15, 0.2) is 5.78 Å². The van der Waals surface area contributed by atoms with Gasteiger partial charge in [-0.1, -0.05) is 52.3 Å². The minimum atomic E-state index is -0.288. The van der Waals surface area contributed by atoms with Crippen molar-refractivity contribution in [3.8, 4) is 0 Å². The number of unbranched alkanes of at least 4 members (excludes halogenated alkanes) is 1. The number of ketones is 1. The molecule has 0 bridgehead atoms. The van der Waals surface area contributed by atoms with E-state index in [0.717, 1.165) is 12.0 Å². The summed E-state index contributed by atoms with van der Waals surface area (Å²) in [6.45, 7) is 8.08. The van der Waals surface area contributed by atoms with Crippen LogP contribution < -0.4 is 0 Å². The van der Waals surface area contributed by atoms with Gasteiger partial charge in [-0.25, -0.2) is 0 Å². The Morgan fingerprint density at radius 2 is 1.94 bits per heavy atom. The Hall–Kier alpha value is -1.11. The third-order valence-electron chi connectivity index (χ3n) is 2.69. The standard InChI is InChI=1S/C15H22O/c1-5-6-8-12-9-7-10-13(11-12)14(16)15(2,3)4/h7,9-11H,5-6,8H2,1-4H3. The number of Topliss-reactive ketones (excluding diaryl/α,β-unsaturated/α-hetero) is 1. The van der Waals surface area contributed by atoms with Gasteiger partial charge in [0.1, 0.15) is 0 Å². The molecule has 0 radical (unpaired) electrons. The topological polar surface area (TPSA) is 17.1 Å². The normalized spacial score (nSPS) is 11.5. The molecule has 0 aliphatic rings. The molecule has 0 aromatic heterocycles. The predicted octanol–water partition coefficient (Wildman–Crippen LogP) is 4.26. The lowest BCUT2D eigenvalue weighted by atomic mass is 9.86. The van der Waals surface area contributed by atoms with Crippen LogP contribution in [-0.4, -0.2) is 5.78 Å². The fourth-order valence-electron chi connectivity index (χ4n) is 1.68. The van der Waals surface area contributed by atoms with Crippen LogP contribution in [-0.2, 0) is 6.42 Å². The van der Waals surface area contributed by atoms with Crippen molar-refractivity contribution in [2.45, 2.75) is 47.0 Å². The number of carbonyl (C=O) groups excluding carboxylic acids is 1. The summed E-state index contributed by atoms with van der Waals surface area (Å²) in [4.78, 5) is 12.1. The Morgan fingerprint density at radius 1 is 1.25 bits per heavy atom. The Morgan fingerprint density at radius 3 is 2.50 bits per heavy atom. The van der Waals surface area contributed by atoms with Gasteiger partial charge in [-0.3, -0.25) is 4.79 Å². The first-order valence-corrected chi connectivity index (χ1v) is 6.09. The number of hydrogen-bond acceptors (Lipinski definition) is 1.